The number of aryl methyl sites for hydroxylation is 2. The molecule has 0 heterocycles. The van der Waals surface area contributed by atoms with Crippen molar-refractivity contribution in [3.63, 3.8) is 0 Å². The fraction of sp³-hybridized carbons (Fsp3) is 0.240. The highest BCUT2D eigenvalue weighted by molar-refractivity contribution is 7.90. The summed E-state index contributed by atoms with van der Waals surface area (Å²) in [6.07, 6.45) is 0. The molecule has 0 N–H and O–H groups in total. The van der Waals surface area contributed by atoms with E-state index < -0.39 is 9.84 Å². The Kier molecular flexibility index (Phi) is 6.42. The molecule has 3 rings (SSSR count). The van der Waals surface area contributed by atoms with Crippen LogP contribution in [0.15, 0.2) is 77.7 Å². The van der Waals surface area contributed by atoms with Gasteiger partial charge in [-0.1, -0.05) is 42.5 Å². The first kappa shape index (κ1) is 21.8. The van der Waals surface area contributed by atoms with Gasteiger partial charge in [-0.25, -0.2) is 8.42 Å². The maximum absolute atomic E-state index is 13.3. The third kappa shape index (κ3) is 4.79. The molecule has 4 nitrogen and oxygen atoms in total. The quantitative estimate of drug-likeness (QED) is 0.540. The monoisotopic (exact) mass is 421 g/mol. The Morgan fingerprint density at radius 1 is 0.900 bits per heavy atom. The fourth-order valence-corrected chi connectivity index (χ4v) is 4.78. The highest BCUT2D eigenvalue weighted by atomic mass is 32.2. The average Bonchev–Trinajstić information content (AvgIpc) is 2.71. The Morgan fingerprint density at radius 2 is 1.53 bits per heavy atom. The van der Waals surface area contributed by atoms with Crippen molar-refractivity contribution in [3.8, 4) is 0 Å². The predicted octanol–water partition coefficient (Wildman–Crippen LogP) is 5.33. The van der Waals surface area contributed by atoms with Crippen molar-refractivity contribution < 1.29 is 13.2 Å². The third-order valence-electron chi connectivity index (χ3n) is 5.02. The second-order valence-electron chi connectivity index (χ2n) is 7.83. The first-order valence-corrected chi connectivity index (χ1v) is 11.6. The Hall–Kier alpha value is -2.92. The van der Waals surface area contributed by atoms with Crippen LogP contribution >= 0.6 is 0 Å². The molecule has 1 amide bonds. The van der Waals surface area contributed by atoms with E-state index in [1.165, 1.54) is 0 Å². The van der Waals surface area contributed by atoms with Gasteiger partial charge in [0.15, 0.2) is 9.84 Å². The standard InChI is InChI=1S/C25H27NO3S/c1-18(2)26(24-16-19(3)10-11-20(24)4)25(27)22-14-12-21(13-15-22)17-30(28,29)23-8-6-5-7-9-23/h5-16,18H,17H2,1-4H3. The molecule has 0 spiro atoms. The summed E-state index contributed by atoms with van der Waals surface area (Å²) in [5, 5.41) is 0. The number of rotatable bonds is 6. The zero-order chi connectivity index (χ0) is 21.9. The maximum Gasteiger partial charge on any atom is 0.258 e. The summed E-state index contributed by atoms with van der Waals surface area (Å²) in [5.41, 5.74) is 4.21. The fourth-order valence-electron chi connectivity index (χ4n) is 3.41. The van der Waals surface area contributed by atoms with Gasteiger partial charge in [-0.05, 0) is 74.7 Å². The van der Waals surface area contributed by atoms with Crippen LogP contribution < -0.4 is 4.90 Å². The van der Waals surface area contributed by atoms with E-state index in [9.17, 15) is 13.2 Å². The van der Waals surface area contributed by atoms with Crippen molar-refractivity contribution in [2.24, 2.45) is 0 Å². The molecule has 0 fully saturated rings. The van der Waals surface area contributed by atoms with Gasteiger partial charge in [-0.2, -0.15) is 0 Å². The Morgan fingerprint density at radius 3 is 2.13 bits per heavy atom. The molecular formula is C25H27NO3S. The summed E-state index contributed by atoms with van der Waals surface area (Å²) in [6.45, 7) is 7.98. The van der Waals surface area contributed by atoms with Crippen molar-refractivity contribution >= 4 is 21.4 Å². The number of carbonyl (C=O) groups excluding carboxylic acids is 1. The van der Waals surface area contributed by atoms with Gasteiger partial charge < -0.3 is 4.90 Å². The number of hydrogen-bond donors (Lipinski definition) is 0. The molecule has 156 valence electrons. The van der Waals surface area contributed by atoms with Gasteiger partial charge in [-0.15, -0.1) is 0 Å². The molecule has 0 unspecified atom stereocenters. The van der Waals surface area contributed by atoms with Gasteiger partial charge >= 0.3 is 0 Å². The van der Waals surface area contributed by atoms with E-state index in [1.807, 2.05) is 45.9 Å². The van der Waals surface area contributed by atoms with Crippen molar-refractivity contribution in [2.45, 2.75) is 44.4 Å². The van der Waals surface area contributed by atoms with Crippen LogP contribution in [-0.4, -0.2) is 20.4 Å². The summed E-state index contributed by atoms with van der Waals surface area (Å²) < 4.78 is 25.2. The second kappa shape index (κ2) is 8.84. The van der Waals surface area contributed by atoms with Crippen LogP contribution in [0.4, 0.5) is 5.69 Å². The van der Waals surface area contributed by atoms with Crippen molar-refractivity contribution in [2.75, 3.05) is 4.90 Å². The SMILES string of the molecule is Cc1ccc(C)c(N(C(=O)c2ccc(CS(=O)(=O)c3ccccc3)cc2)C(C)C)c1. The number of nitrogens with zero attached hydrogens (tertiary/aromatic N) is 1. The normalized spacial score (nSPS) is 11.5. The second-order valence-corrected chi connectivity index (χ2v) is 9.82. The van der Waals surface area contributed by atoms with Crippen LogP contribution in [0.3, 0.4) is 0 Å². The van der Waals surface area contributed by atoms with Gasteiger partial charge in [0.25, 0.3) is 5.91 Å². The van der Waals surface area contributed by atoms with Crippen molar-refractivity contribution in [1.29, 1.82) is 0 Å². The average molecular weight is 422 g/mol. The number of anilines is 1. The molecule has 3 aromatic carbocycles. The van der Waals surface area contributed by atoms with Crippen LogP contribution in [0.5, 0.6) is 0 Å². The van der Waals surface area contributed by atoms with E-state index in [2.05, 4.69) is 0 Å². The molecule has 30 heavy (non-hydrogen) atoms. The van der Waals surface area contributed by atoms with E-state index >= 15 is 0 Å². The lowest BCUT2D eigenvalue weighted by Gasteiger charge is -2.29. The molecule has 5 heteroatoms. The zero-order valence-corrected chi connectivity index (χ0v) is 18.6. The van der Waals surface area contributed by atoms with E-state index in [0.717, 1.165) is 16.8 Å². The molecule has 0 aliphatic heterocycles. The highest BCUT2D eigenvalue weighted by Gasteiger charge is 2.23. The summed E-state index contributed by atoms with van der Waals surface area (Å²) in [4.78, 5) is 15.4. The van der Waals surface area contributed by atoms with E-state index in [1.54, 1.807) is 59.5 Å². The number of hydrogen-bond acceptors (Lipinski definition) is 3. The van der Waals surface area contributed by atoms with Crippen molar-refractivity contribution in [3.05, 3.63) is 95.1 Å². The first-order valence-electron chi connectivity index (χ1n) is 9.96. The summed E-state index contributed by atoms with van der Waals surface area (Å²) >= 11 is 0. The molecular weight excluding hydrogens is 394 g/mol. The zero-order valence-electron chi connectivity index (χ0n) is 17.8. The first-order chi connectivity index (χ1) is 14.2. The Balaban J connectivity index is 1.86. The minimum Gasteiger partial charge on any atom is -0.306 e. The smallest absolute Gasteiger partial charge is 0.258 e. The van der Waals surface area contributed by atoms with Crippen LogP contribution in [0.25, 0.3) is 0 Å². The molecule has 0 saturated heterocycles. The molecule has 0 bridgehead atoms. The van der Waals surface area contributed by atoms with Gasteiger partial charge in [0, 0.05) is 17.3 Å². The van der Waals surface area contributed by atoms with Gasteiger partial charge in [0.05, 0.1) is 10.6 Å². The number of amides is 1. The summed E-state index contributed by atoms with van der Waals surface area (Å²) in [7, 11) is -3.42. The minimum atomic E-state index is -3.42. The lowest BCUT2D eigenvalue weighted by Crippen LogP contribution is -2.37. The predicted molar refractivity (Wildman–Crippen MR) is 122 cm³/mol. The van der Waals surface area contributed by atoms with E-state index in [0.29, 0.717) is 16.0 Å². The molecule has 3 aromatic rings. The molecule has 0 aromatic heterocycles. The van der Waals surface area contributed by atoms with E-state index in [4.69, 9.17) is 0 Å². The molecule has 0 aliphatic rings. The lowest BCUT2D eigenvalue weighted by atomic mass is 10.1. The van der Waals surface area contributed by atoms with Gasteiger partial charge in [-0.3, -0.25) is 4.79 Å². The third-order valence-corrected chi connectivity index (χ3v) is 6.72. The number of benzene rings is 3. The minimum absolute atomic E-state index is 0.0175. The molecule has 0 atom stereocenters. The maximum atomic E-state index is 13.3. The topological polar surface area (TPSA) is 54.5 Å². The Labute approximate surface area is 179 Å². The highest BCUT2D eigenvalue weighted by Crippen LogP contribution is 2.26. The molecule has 0 aliphatic carbocycles. The van der Waals surface area contributed by atoms with Crippen LogP contribution in [-0.2, 0) is 15.6 Å². The number of carbonyl (C=O) groups is 1. The van der Waals surface area contributed by atoms with Crippen LogP contribution in [0, 0.1) is 13.8 Å². The van der Waals surface area contributed by atoms with Gasteiger partial charge in [0.1, 0.15) is 0 Å². The van der Waals surface area contributed by atoms with Crippen LogP contribution in [0.2, 0.25) is 0 Å². The summed E-state index contributed by atoms with van der Waals surface area (Å²) in [6, 6.07) is 21.3. The largest absolute Gasteiger partial charge is 0.306 e. The lowest BCUT2D eigenvalue weighted by molar-refractivity contribution is 0.0980. The van der Waals surface area contributed by atoms with Crippen LogP contribution in [0.1, 0.15) is 40.9 Å². The molecule has 0 radical (unpaired) electrons. The van der Waals surface area contributed by atoms with E-state index in [-0.39, 0.29) is 17.7 Å². The van der Waals surface area contributed by atoms with Gasteiger partial charge in [0.2, 0.25) is 0 Å². The Bertz CT molecular complexity index is 1130. The molecule has 0 saturated carbocycles. The summed E-state index contributed by atoms with van der Waals surface area (Å²) in [5.74, 6) is -0.202. The van der Waals surface area contributed by atoms with Crippen molar-refractivity contribution in [1.82, 2.24) is 0 Å². The number of sulfone groups is 1.